The second-order valence-corrected chi connectivity index (χ2v) is 3.96. The van der Waals surface area contributed by atoms with Crippen molar-refractivity contribution in [3.05, 3.63) is 34.5 Å². The summed E-state index contributed by atoms with van der Waals surface area (Å²) in [7, 11) is 1.59. The van der Waals surface area contributed by atoms with Crippen LogP contribution in [0.3, 0.4) is 0 Å². The van der Waals surface area contributed by atoms with E-state index < -0.39 is 12.4 Å². The number of aliphatic hydroxyl groups excluding tert-OH is 1. The molecule has 0 aromatic rings. The highest BCUT2D eigenvalue weighted by atomic mass is 16.7. The summed E-state index contributed by atoms with van der Waals surface area (Å²) in [5, 5.41) is 9.75. The van der Waals surface area contributed by atoms with Gasteiger partial charge in [-0.1, -0.05) is 0 Å². The van der Waals surface area contributed by atoms with E-state index in [4.69, 9.17) is 14.2 Å². The number of fused-ring (bicyclic) bond motifs is 1. The number of ether oxygens (including phenoxy) is 3. The first kappa shape index (κ1) is 11.1. The van der Waals surface area contributed by atoms with E-state index in [-0.39, 0.29) is 0 Å². The van der Waals surface area contributed by atoms with Gasteiger partial charge in [-0.25, -0.2) is 0 Å². The smallest absolute Gasteiger partial charge is 0.270 e. The molecular weight excluding hydrogens is 208 g/mol. The first-order chi connectivity index (χ1) is 7.54. The fourth-order valence-electron chi connectivity index (χ4n) is 2.02. The third-order valence-electron chi connectivity index (χ3n) is 2.70. The molecule has 0 radical (unpaired) electrons. The third kappa shape index (κ3) is 1.59. The van der Waals surface area contributed by atoms with Gasteiger partial charge in [-0.05, 0) is 32.4 Å². The minimum absolute atomic E-state index is 0.482. The number of rotatable bonds is 2. The summed E-state index contributed by atoms with van der Waals surface area (Å²) in [5.41, 5.74) is 1.59. The summed E-state index contributed by atoms with van der Waals surface area (Å²) in [6.45, 7) is 5.38. The van der Waals surface area contributed by atoms with E-state index in [9.17, 15) is 5.11 Å². The normalized spacial score (nSPS) is 25.8. The Morgan fingerprint density at radius 1 is 1.38 bits per heavy atom. The molecule has 0 bridgehead atoms. The van der Waals surface area contributed by atoms with E-state index in [1.807, 2.05) is 19.9 Å². The molecule has 4 heteroatoms. The number of methoxy groups -OCH3 is 1. The predicted molar refractivity (Wildman–Crippen MR) is 58.1 cm³/mol. The molecule has 2 unspecified atom stereocenters. The lowest BCUT2D eigenvalue weighted by atomic mass is 9.99. The molecule has 2 heterocycles. The lowest BCUT2D eigenvalue weighted by Crippen LogP contribution is -2.22. The summed E-state index contributed by atoms with van der Waals surface area (Å²) >= 11 is 0. The zero-order valence-corrected chi connectivity index (χ0v) is 9.90. The van der Waals surface area contributed by atoms with Crippen LogP contribution in [0.1, 0.15) is 20.8 Å². The molecule has 0 spiro atoms. The van der Waals surface area contributed by atoms with Crippen molar-refractivity contribution in [2.75, 3.05) is 7.11 Å². The number of hydrogen-bond donors (Lipinski definition) is 1. The van der Waals surface area contributed by atoms with E-state index in [0.29, 0.717) is 11.5 Å². The Balaban J connectivity index is 2.53. The highest BCUT2D eigenvalue weighted by Crippen LogP contribution is 2.39. The molecule has 0 saturated heterocycles. The molecular formula is C12H16O4. The van der Waals surface area contributed by atoms with Crippen LogP contribution < -0.4 is 0 Å². The van der Waals surface area contributed by atoms with Crippen LogP contribution >= 0.6 is 0 Å². The lowest BCUT2D eigenvalue weighted by molar-refractivity contribution is -0.0481. The van der Waals surface area contributed by atoms with E-state index in [2.05, 4.69) is 0 Å². The maximum Gasteiger partial charge on any atom is 0.270 e. The number of allylic oxidation sites excluding steroid dienone is 2. The molecule has 16 heavy (non-hydrogen) atoms. The van der Waals surface area contributed by atoms with Gasteiger partial charge in [0.15, 0.2) is 5.76 Å². The first-order valence-electron chi connectivity index (χ1n) is 5.23. The quantitative estimate of drug-likeness (QED) is 0.777. The number of aliphatic hydroxyl groups is 1. The van der Waals surface area contributed by atoms with Gasteiger partial charge in [0.05, 0.1) is 24.5 Å². The van der Waals surface area contributed by atoms with Crippen LogP contribution in [0.15, 0.2) is 34.5 Å². The average molecular weight is 224 g/mol. The molecule has 0 aliphatic carbocycles. The van der Waals surface area contributed by atoms with Gasteiger partial charge in [-0.15, -0.1) is 0 Å². The van der Waals surface area contributed by atoms with Crippen molar-refractivity contribution in [1.82, 2.24) is 0 Å². The fourth-order valence-corrected chi connectivity index (χ4v) is 2.02. The van der Waals surface area contributed by atoms with Crippen LogP contribution in [0.25, 0.3) is 0 Å². The van der Waals surface area contributed by atoms with Crippen LogP contribution in [0, 0.1) is 0 Å². The molecule has 4 nitrogen and oxygen atoms in total. The highest BCUT2D eigenvalue weighted by molar-refractivity contribution is 5.47. The zero-order valence-electron chi connectivity index (χ0n) is 9.90. The Morgan fingerprint density at radius 2 is 2.06 bits per heavy atom. The molecule has 88 valence electrons. The molecule has 0 fully saturated rings. The van der Waals surface area contributed by atoms with E-state index in [0.717, 1.165) is 16.9 Å². The minimum atomic E-state index is -0.573. The summed E-state index contributed by atoms with van der Waals surface area (Å²) in [4.78, 5) is 0. The van der Waals surface area contributed by atoms with E-state index >= 15 is 0 Å². The summed E-state index contributed by atoms with van der Waals surface area (Å²) in [5.74, 6) is 2.07. The Bertz CT molecular complexity index is 401. The van der Waals surface area contributed by atoms with Gasteiger partial charge in [0, 0.05) is 0 Å². The average Bonchev–Trinajstić information content (AvgIpc) is 2.51. The van der Waals surface area contributed by atoms with Crippen molar-refractivity contribution >= 4 is 0 Å². The molecule has 0 aromatic heterocycles. The van der Waals surface area contributed by atoms with Gasteiger partial charge in [-0.2, -0.15) is 0 Å². The van der Waals surface area contributed by atoms with Crippen molar-refractivity contribution in [2.45, 2.75) is 33.2 Å². The van der Waals surface area contributed by atoms with E-state index in [1.165, 1.54) is 0 Å². The van der Waals surface area contributed by atoms with Crippen LogP contribution in [-0.2, 0) is 14.2 Å². The molecule has 2 aliphatic rings. The molecule has 2 aliphatic heterocycles. The molecule has 0 saturated carbocycles. The lowest BCUT2D eigenvalue weighted by Gasteiger charge is -2.24. The second kappa shape index (κ2) is 3.87. The highest BCUT2D eigenvalue weighted by Gasteiger charge is 2.37. The third-order valence-corrected chi connectivity index (χ3v) is 2.70. The van der Waals surface area contributed by atoms with Gasteiger partial charge in [-0.3, -0.25) is 0 Å². The first-order valence-corrected chi connectivity index (χ1v) is 5.23. The van der Waals surface area contributed by atoms with Gasteiger partial charge in [0.2, 0.25) is 0 Å². The molecule has 1 N–H and O–H groups in total. The standard InChI is InChI=1S/C12H16O4/c1-6-5-9(7(2)13)10-11(14-4)8(3)16-12(10)15-6/h5,7,12-13H,1-4H3. The van der Waals surface area contributed by atoms with Crippen LogP contribution in [0.2, 0.25) is 0 Å². The van der Waals surface area contributed by atoms with Crippen molar-refractivity contribution in [3.8, 4) is 0 Å². The van der Waals surface area contributed by atoms with Crippen molar-refractivity contribution in [2.24, 2.45) is 0 Å². The Hall–Kier alpha value is -1.42. The van der Waals surface area contributed by atoms with Crippen LogP contribution in [-0.4, -0.2) is 24.6 Å². The fraction of sp³-hybridized carbons (Fsp3) is 0.500. The van der Waals surface area contributed by atoms with Crippen molar-refractivity contribution < 1.29 is 19.3 Å². The van der Waals surface area contributed by atoms with Crippen molar-refractivity contribution in [3.63, 3.8) is 0 Å². The SMILES string of the molecule is COC1=C(C)OC2OC(C)=CC(C(C)O)=C12. The minimum Gasteiger partial charge on any atom is -0.493 e. The Morgan fingerprint density at radius 3 is 2.62 bits per heavy atom. The molecule has 0 amide bonds. The van der Waals surface area contributed by atoms with Gasteiger partial charge >= 0.3 is 0 Å². The van der Waals surface area contributed by atoms with Crippen molar-refractivity contribution in [1.29, 1.82) is 0 Å². The molecule has 2 rings (SSSR count). The van der Waals surface area contributed by atoms with Crippen LogP contribution in [0.4, 0.5) is 0 Å². The second-order valence-electron chi connectivity index (χ2n) is 3.96. The Kier molecular flexibility index (Phi) is 2.68. The van der Waals surface area contributed by atoms with Crippen LogP contribution in [0.5, 0.6) is 0 Å². The Labute approximate surface area is 94.8 Å². The molecule has 2 atom stereocenters. The zero-order chi connectivity index (χ0) is 11.9. The van der Waals surface area contributed by atoms with Gasteiger partial charge in [0.25, 0.3) is 6.29 Å². The summed E-state index contributed by atoms with van der Waals surface area (Å²) in [6.07, 6.45) is 0.762. The summed E-state index contributed by atoms with van der Waals surface area (Å²) in [6, 6.07) is 0. The topological polar surface area (TPSA) is 47.9 Å². The van der Waals surface area contributed by atoms with Gasteiger partial charge < -0.3 is 19.3 Å². The number of hydrogen-bond acceptors (Lipinski definition) is 4. The summed E-state index contributed by atoms with van der Waals surface area (Å²) < 4.78 is 16.4. The van der Waals surface area contributed by atoms with Gasteiger partial charge in [0.1, 0.15) is 5.76 Å². The largest absolute Gasteiger partial charge is 0.493 e. The maximum atomic E-state index is 9.75. The predicted octanol–water partition coefficient (Wildman–Crippen LogP) is 1.83. The monoisotopic (exact) mass is 224 g/mol. The molecule has 0 aromatic carbocycles. The van der Waals surface area contributed by atoms with E-state index in [1.54, 1.807) is 14.0 Å². The maximum absolute atomic E-state index is 9.75.